The molecular formula is C8H10N+. The zero-order chi connectivity index (χ0) is 6.10. The van der Waals surface area contributed by atoms with Crippen LogP contribution in [0.1, 0.15) is 12.6 Å². The second kappa shape index (κ2) is 1.85. The Labute approximate surface area is 56.2 Å². The summed E-state index contributed by atoms with van der Waals surface area (Å²) in [5.74, 6) is 0. The fourth-order valence-corrected chi connectivity index (χ4v) is 1.23. The molecule has 0 radical (unpaired) electrons. The van der Waals surface area contributed by atoms with Gasteiger partial charge in [0.15, 0.2) is 0 Å². The quantitative estimate of drug-likeness (QED) is 0.545. The largest absolute Gasteiger partial charge is 1.00 e. The highest BCUT2D eigenvalue weighted by Gasteiger charge is 2.06. The van der Waals surface area contributed by atoms with Crippen LogP contribution in [0.25, 0.3) is 0 Å². The molecule has 2 rings (SSSR count). The molecule has 0 fully saturated rings. The molecule has 46 valence electrons. The summed E-state index contributed by atoms with van der Waals surface area (Å²) in [6.07, 6.45) is 0. The molecule has 1 aliphatic heterocycles. The third kappa shape index (κ3) is 0.736. The second-order valence-corrected chi connectivity index (χ2v) is 2.37. The van der Waals surface area contributed by atoms with Gasteiger partial charge < -0.3 is 5.32 Å². The molecule has 1 N–H and O–H groups in total. The van der Waals surface area contributed by atoms with Gasteiger partial charge in [-0.05, 0) is 11.1 Å². The van der Waals surface area contributed by atoms with Crippen LogP contribution in [-0.4, -0.2) is 0 Å². The summed E-state index contributed by atoms with van der Waals surface area (Å²) in [6, 6.07) is 8.53. The van der Waals surface area contributed by atoms with Crippen LogP contribution in [0.15, 0.2) is 24.3 Å². The highest BCUT2D eigenvalue weighted by Crippen LogP contribution is 2.12. The van der Waals surface area contributed by atoms with Crippen molar-refractivity contribution in [2.75, 3.05) is 0 Å². The lowest BCUT2D eigenvalue weighted by atomic mass is 10.1. The van der Waals surface area contributed by atoms with Gasteiger partial charge in [0.25, 0.3) is 0 Å². The fraction of sp³-hybridized carbons (Fsp3) is 0.250. The predicted octanol–water partition coefficient (Wildman–Crippen LogP) is 1.40. The first-order valence-electron chi connectivity index (χ1n) is 3.24. The number of hydrogen-bond donors (Lipinski definition) is 1. The molecule has 1 heteroatoms. The normalized spacial score (nSPS) is 15.6. The van der Waals surface area contributed by atoms with Crippen LogP contribution >= 0.6 is 0 Å². The molecule has 1 aliphatic rings. The summed E-state index contributed by atoms with van der Waals surface area (Å²) in [6.45, 7) is 2.10. The van der Waals surface area contributed by atoms with Crippen LogP contribution in [0.5, 0.6) is 0 Å². The monoisotopic (exact) mass is 120 g/mol. The van der Waals surface area contributed by atoms with Gasteiger partial charge >= 0.3 is 1.43 Å². The summed E-state index contributed by atoms with van der Waals surface area (Å²) < 4.78 is 0. The van der Waals surface area contributed by atoms with Crippen molar-refractivity contribution in [3.63, 3.8) is 0 Å². The summed E-state index contributed by atoms with van der Waals surface area (Å²) >= 11 is 0. The van der Waals surface area contributed by atoms with Gasteiger partial charge in [-0.15, -0.1) is 0 Å². The van der Waals surface area contributed by atoms with E-state index in [1.807, 2.05) is 0 Å². The number of fused-ring (bicyclic) bond motifs is 1. The molecule has 0 aliphatic carbocycles. The minimum Gasteiger partial charge on any atom is -0.309 e. The first-order chi connectivity index (χ1) is 4.47. The van der Waals surface area contributed by atoms with E-state index >= 15 is 0 Å². The first-order valence-corrected chi connectivity index (χ1v) is 3.24. The van der Waals surface area contributed by atoms with Crippen LogP contribution in [0, 0.1) is 0 Å². The van der Waals surface area contributed by atoms with Gasteiger partial charge in [-0.2, -0.15) is 0 Å². The van der Waals surface area contributed by atoms with E-state index in [0.29, 0.717) is 0 Å². The Kier molecular flexibility index (Phi) is 1.03. The Balaban J connectivity index is 0.000000500. The van der Waals surface area contributed by atoms with Crippen molar-refractivity contribution >= 4 is 0 Å². The second-order valence-electron chi connectivity index (χ2n) is 2.37. The van der Waals surface area contributed by atoms with Gasteiger partial charge in [0.2, 0.25) is 0 Å². The van der Waals surface area contributed by atoms with Gasteiger partial charge in [-0.25, -0.2) is 0 Å². The number of benzene rings is 1. The van der Waals surface area contributed by atoms with Gasteiger partial charge in [0, 0.05) is 13.1 Å². The number of rotatable bonds is 0. The van der Waals surface area contributed by atoms with E-state index in [9.17, 15) is 0 Å². The lowest BCUT2D eigenvalue weighted by Gasteiger charge is -1.91. The minimum absolute atomic E-state index is 0. The maximum absolute atomic E-state index is 3.29. The van der Waals surface area contributed by atoms with Crippen LogP contribution in [0.3, 0.4) is 0 Å². The molecule has 0 aromatic heterocycles. The molecule has 1 heterocycles. The van der Waals surface area contributed by atoms with E-state index in [-0.39, 0.29) is 1.43 Å². The Bertz CT molecular complexity index is 199. The molecule has 0 spiro atoms. The van der Waals surface area contributed by atoms with E-state index < -0.39 is 0 Å². The molecular weight excluding hydrogens is 110 g/mol. The Morgan fingerprint density at radius 3 is 2.22 bits per heavy atom. The lowest BCUT2D eigenvalue weighted by Crippen LogP contribution is -1.99. The molecule has 0 unspecified atom stereocenters. The molecule has 0 bridgehead atoms. The zero-order valence-electron chi connectivity index (χ0n) is 6.22. The fourth-order valence-electron chi connectivity index (χ4n) is 1.23. The maximum Gasteiger partial charge on any atom is 1.00 e. The van der Waals surface area contributed by atoms with Crippen molar-refractivity contribution in [2.24, 2.45) is 0 Å². The smallest absolute Gasteiger partial charge is 0.309 e. The molecule has 1 aromatic rings. The number of hydrogen-bond acceptors (Lipinski definition) is 1. The average molecular weight is 120 g/mol. The molecule has 1 aromatic carbocycles. The highest BCUT2D eigenvalue weighted by molar-refractivity contribution is 5.29. The van der Waals surface area contributed by atoms with E-state index in [4.69, 9.17) is 0 Å². The lowest BCUT2D eigenvalue weighted by molar-refractivity contribution is 0.765. The van der Waals surface area contributed by atoms with Crippen LogP contribution in [0.4, 0.5) is 0 Å². The summed E-state index contributed by atoms with van der Waals surface area (Å²) in [4.78, 5) is 0. The molecule has 1 nitrogen and oxygen atoms in total. The third-order valence-corrected chi connectivity index (χ3v) is 1.75. The Morgan fingerprint density at radius 2 is 1.67 bits per heavy atom. The standard InChI is InChI=1S/C8H9N/c1-2-4-8-6-9-5-7(8)3-1/h1-4,9H,5-6H2/p+1. The Morgan fingerprint density at radius 1 is 1.11 bits per heavy atom. The molecule has 0 saturated carbocycles. The third-order valence-electron chi connectivity index (χ3n) is 1.75. The highest BCUT2D eigenvalue weighted by atomic mass is 14.9. The van der Waals surface area contributed by atoms with E-state index in [1.165, 1.54) is 11.1 Å². The minimum atomic E-state index is 0. The van der Waals surface area contributed by atoms with Crippen molar-refractivity contribution in [1.29, 1.82) is 0 Å². The van der Waals surface area contributed by atoms with Crippen molar-refractivity contribution in [3.05, 3.63) is 35.4 Å². The molecule has 0 saturated heterocycles. The van der Waals surface area contributed by atoms with Crippen molar-refractivity contribution in [2.45, 2.75) is 13.1 Å². The molecule has 0 amide bonds. The van der Waals surface area contributed by atoms with E-state index in [1.54, 1.807) is 0 Å². The van der Waals surface area contributed by atoms with E-state index in [2.05, 4.69) is 29.6 Å². The summed E-state index contributed by atoms with van der Waals surface area (Å²) in [5, 5.41) is 3.29. The summed E-state index contributed by atoms with van der Waals surface area (Å²) in [7, 11) is 0. The van der Waals surface area contributed by atoms with Crippen molar-refractivity contribution in [3.8, 4) is 0 Å². The van der Waals surface area contributed by atoms with Crippen molar-refractivity contribution < 1.29 is 1.43 Å². The van der Waals surface area contributed by atoms with Gasteiger partial charge in [0.1, 0.15) is 0 Å². The van der Waals surface area contributed by atoms with Gasteiger partial charge in [-0.1, -0.05) is 24.3 Å². The summed E-state index contributed by atoms with van der Waals surface area (Å²) in [5.41, 5.74) is 2.91. The van der Waals surface area contributed by atoms with Crippen molar-refractivity contribution in [1.82, 2.24) is 5.32 Å². The van der Waals surface area contributed by atoms with Crippen LogP contribution < -0.4 is 5.32 Å². The van der Waals surface area contributed by atoms with Crippen LogP contribution in [-0.2, 0) is 13.1 Å². The topological polar surface area (TPSA) is 12.0 Å². The SMILES string of the molecule is [H+].c1ccc2c(c1)CNC2. The average Bonchev–Trinajstić information content (AvgIpc) is 2.33. The van der Waals surface area contributed by atoms with Gasteiger partial charge in [-0.3, -0.25) is 0 Å². The predicted molar refractivity (Wildman–Crippen MR) is 38.1 cm³/mol. The van der Waals surface area contributed by atoms with Crippen LogP contribution in [0.2, 0.25) is 0 Å². The zero-order valence-corrected chi connectivity index (χ0v) is 5.22. The molecule has 0 atom stereocenters. The Hall–Kier alpha value is -0.820. The molecule has 9 heavy (non-hydrogen) atoms. The first kappa shape index (κ1) is 5.00. The maximum atomic E-state index is 3.29. The number of nitrogens with one attached hydrogen (secondary N) is 1. The van der Waals surface area contributed by atoms with Gasteiger partial charge in [0.05, 0.1) is 0 Å². The van der Waals surface area contributed by atoms with E-state index in [0.717, 1.165) is 13.1 Å².